The van der Waals surface area contributed by atoms with Gasteiger partial charge < -0.3 is 10.1 Å². The van der Waals surface area contributed by atoms with Crippen LogP contribution in [-0.2, 0) is 0 Å². The standard InChI is InChI=1S/C18H29NO/c1-3-13-19-15(2)16-9-8-12-18(14-16)20-17-10-6-4-5-7-11-17/h8-9,12,14-15,17,19H,3-7,10-11,13H2,1-2H3. The lowest BCUT2D eigenvalue weighted by atomic mass is 10.1. The molecule has 1 N–H and O–H groups in total. The Kier molecular flexibility index (Phi) is 6.38. The lowest BCUT2D eigenvalue weighted by Crippen LogP contribution is -2.19. The van der Waals surface area contributed by atoms with E-state index in [9.17, 15) is 0 Å². The van der Waals surface area contributed by atoms with E-state index in [1.54, 1.807) is 0 Å². The van der Waals surface area contributed by atoms with Crippen LogP contribution in [0.15, 0.2) is 24.3 Å². The minimum absolute atomic E-state index is 0.396. The molecule has 1 aliphatic rings. The van der Waals surface area contributed by atoms with Crippen LogP contribution in [0.2, 0.25) is 0 Å². The van der Waals surface area contributed by atoms with E-state index in [0.29, 0.717) is 12.1 Å². The van der Waals surface area contributed by atoms with Crippen molar-refractivity contribution in [1.29, 1.82) is 0 Å². The van der Waals surface area contributed by atoms with Gasteiger partial charge in [0.1, 0.15) is 5.75 Å². The van der Waals surface area contributed by atoms with Crippen molar-refractivity contribution in [1.82, 2.24) is 5.32 Å². The van der Waals surface area contributed by atoms with Crippen LogP contribution in [-0.4, -0.2) is 12.6 Å². The first kappa shape index (κ1) is 15.4. The third kappa shape index (κ3) is 4.82. The van der Waals surface area contributed by atoms with Crippen LogP contribution in [0.3, 0.4) is 0 Å². The molecule has 1 saturated carbocycles. The van der Waals surface area contributed by atoms with Gasteiger partial charge in [0.2, 0.25) is 0 Å². The smallest absolute Gasteiger partial charge is 0.120 e. The van der Waals surface area contributed by atoms with Crippen LogP contribution in [0.25, 0.3) is 0 Å². The molecule has 0 spiro atoms. The number of benzene rings is 1. The van der Waals surface area contributed by atoms with Gasteiger partial charge in [-0.1, -0.05) is 31.9 Å². The summed E-state index contributed by atoms with van der Waals surface area (Å²) >= 11 is 0. The van der Waals surface area contributed by atoms with E-state index in [1.807, 2.05) is 0 Å². The van der Waals surface area contributed by atoms with Crippen molar-refractivity contribution in [2.24, 2.45) is 0 Å². The predicted molar refractivity (Wildman–Crippen MR) is 85.3 cm³/mol. The summed E-state index contributed by atoms with van der Waals surface area (Å²) in [5.74, 6) is 1.04. The molecule has 1 atom stereocenters. The largest absolute Gasteiger partial charge is 0.490 e. The summed E-state index contributed by atoms with van der Waals surface area (Å²) in [6.45, 7) is 5.49. The minimum Gasteiger partial charge on any atom is -0.490 e. The van der Waals surface area contributed by atoms with Crippen molar-refractivity contribution in [3.05, 3.63) is 29.8 Å². The molecular weight excluding hydrogens is 246 g/mol. The summed E-state index contributed by atoms with van der Waals surface area (Å²) in [6, 6.07) is 9.01. The first-order valence-electron chi connectivity index (χ1n) is 8.29. The Bertz CT molecular complexity index is 383. The maximum absolute atomic E-state index is 6.20. The van der Waals surface area contributed by atoms with Gasteiger partial charge in [-0.2, -0.15) is 0 Å². The molecule has 0 heterocycles. The fourth-order valence-corrected chi connectivity index (χ4v) is 2.89. The van der Waals surface area contributed by atoms with Gasteiger partial charge in [-0.15, -0.1) is 0 Å². The highest BCUT2D eigenvalue weighted by Crippen LogP contribution is 2.25. The molecule has 112 valence electrons. The van der Waals surface area contributed by atoms with Crippen molar-refractivity contribution in [3.63, 3.8) is 0 Å². The van der Waals surface area contributed by atoms with Gasteiger partial charge in [0.15, 0.2) is 0 Å². The highest BCUT2D eigenvalue weighted by Gasteiger charge is 2.14. The molecule has 2 rings (SSSR count). The van der Waals surface area contributed by atoms with Crippen LogP contribution in [0, 0.1) is 0 Å². The van der Waals surface area contributed by atoms with Crippen LogP contribution >= 0.6 is 0 Å². The van der Waals surface area contributed by atoms with E-state index in [4.69, 9.17) is 4.74 Å². The second-order valence-corrected chi connectivity index (χ2v) is 5.98. The van der Waals surface area contributed by atoms with Gasteiger partial charge in [0.25, 0.3) is 0 Å². The Morgan fingerprint density at radius 3 is 2.65 bits per heavy atom. The highest BCUT2D eigenvalue weighted by atomic mass is 16.5. The number of ether oxygens (including phenoxy) is 1. The Balaban J connectivity index is 1.94. The monoisotopic (exact) mass is 275 g/mol. The summed E-state index contributed by atoms with van der Waals surface area (Å²) in [5, 5.41) is 3.53. The van der Waals surface area contributed by atoms with Gasteiger partial charge in [-0.25, -0.2) is 0 Å². The fraction of sp³-hybridized carbons (Fsp3) is 0.667. The highest BCUT2D eigenvalue weighted by molar-refractivity contribution is 5.30. The Morgan fingerprint density at radius 2 is 1.95 bits per heavy atom. The zero-order valence-corrected chi connectivity index (χ0v) is 13.0. The summed E-state index contributed by atoms with van der Waals surface area (Å²) in [7, 11) is 0. The summed E-state index contributed by atoms with van der Waals surface area (Å²) in [4.78, 5) is 0. The number of hydrogen-bond acceptors (Lipinski definition) is 2. The molecule has 1 unspecified atom stereocenters. The first-order chi connectivity index (χ1) is 9.79. The second-order valence-electron chi connectivity index (χ2n) is 5.98. The number of hydrogen-bond donors (Lipinski definition) is 1. The van der Waals surface area contributed by atoms with Gasteiger partial charge in [0, 0.05) is 6.04 Å². The average Bonchev–Trinajstić information content (AvgIpc) is 2.73. The Hall–Kier alpha value is -1.02. The van der Waals surface area contributed by atoms with Crippen molar-refractivity contribution >= 4 is 0 Å². The molecule has 0 aliphatic heterocycles. The molecule has 0 bridgehead atoms. The topological polar surface area (TPSA) is 21.3 Å². The average molecular weight is 275 g/mol. The summed E-state index contributed by atoms with van der Waals surface area (Å²) in [5.41, 5.74) is 1.32. The molecule has 0 radical (unpaired) electrons. The molecule has 1 fully saturated rings. The predicted octanol–water partition coefficient (Wildman–Crippen LogP) is 4.85. The zero-order valence-electron chi connectivity index (χ0n) is 13.0. The third-order valence-electron chi connectivity index (χ3n) is 4.16. The van der Waals surface area contributed by atoms with Crippen molar-refractivity contribution in [2.45, 2.75) is 70.9 Å². The van der Waals surface area contributed by atoms with E-state index in [0.717, 1.165) is 12.3 Å². The van der Waals surface area contributed by atoms with Crippen LogP contribution in [0.5, 0.6) is 5.75 Å². The molecule has 2 heteroatoms. The fourth-order valence-electron chi connectivity index (χ4n) is 2.89. The van der Waals surface area contributed by atoms with Gasteiger partial charge in [-0.3, -0.25) is 0 Å². The van der Waals surface area contributed by atoms with Gasteiger partial charge in [-0.05, 0) is 63.3 Å². The summed E-state index contributed by atoms with van der Waals surface area (Å²) in [6.07, 6.45) is 9.41. The quantitative estimate of drug-likeness (QED) is 0.749. The summed E-state index contributed by atoms with van der Waals surface area (Å²) < 4.78 is 6.20. The van der Waals surface area contributed by atoms with E-state index in [-0.39, 0.29) is 0 Å². The van der Waals surface area contributed by atoms with Crippen molar-refractivity contribution < 1.29 is 4.74 Å². The zero-order chi connectivity index (χ0) is 14.2. The number of nitrogens with one attached hydrogen (secondary N) is 1. The minimum atomic E-state index is 0.396. The maximum atomic E-state index is 6.20. The van der Waals surface area contributed by atoms with E-state index in [1.165, 1.54) is 50.5 Å². The maximum Gasteiger partial charge on any atom is 0.120 e. The molecule has 2 nitrogen and oxygen atoms in total. The lowest BCUT2D eigenvalue weighted by molar-refractivity contribution is 0.183. The molecular formula is C18H29NO. The molecule has 1 aromatic carbocycles. The molecule has 1 aromatic rings. The van der Waals surface area contributed by atoms with E-state index >= 15 is 0 Å². The molecule has 0 aromatic heterocycles. The van der Waals surface area contributed by atoms with E-state index < -0.39 is 0 Å². The molecule has 1 aliphatic carbocycles. The molecule has 0 saturated heterocycles. The third-order valence-corrected chi connectivity index (χ3v) is 4.16. The van der Waals surface area contributed by atoms with Gasteiger partial charge in [0.05, 0.1) is 6.10 Å². The SMILES string of the molecule is CCCNC(C)c1cccc(OC2CCCCCC2)c1. The van der Waals surface area contributed by atoms with E-state index in [2.05, 4.69) is 43.4 Å². The van der Waals surface area contributed by atoms with Crippen LogP contribution in [0.4, 0.5) is 0 Å². The Labute approximate surface area is 123 Å². The van der Waals surface area contributed by atoms with Crippen molar-refractivity contribution in [3.8, 4) is 5.75 Å². The first-order valence-corrected chi connectivity index (χ1v) is 8.29. The van der Waals surface area contributed by atoms with Crippen LogP contribution in [0.1, 0.15) is 70.4 Å². The lowest BCUT2D eigenvalue weighted by Gasteiger charge is -2.19. The van der Waals surface area contributed by atoms with Crippen molar-refractivity contribution in [2.75, 3.05) is 6.54 Å². The van der Waals surface area contributed by atoms with Crippen LogP contribution < -0.4 is 10.1 Å². The second kappa shape index (κ2) is 8.31. The number of rotatable bonds is 6. The normalized spacial score (nSPS) is 18.5. The van der Waals surface area contributed by atoms with Gasteiger partial charge >= 0.3 is 0 Å². The molecule has 0 amide bonds. The molecule has 20 heavy (non-hydrogen) atoms. The Morgan fingerprint density at radius 1 is 1.20 bits per heavy atom.